The van der Waals surface area contributed by atoms with E-state index in [-0.39, 0.29) is 17.5 Å². The maximum absolute atomic E-state index is 13.6. The van der Waals surface area contributed by atoms with E-state index in [0.29, 0.717) is 4.68 Å². The van der Waals surface area contributed by atoms with Gasteiger partial charge in [-0.25, -0.2) is 9.67 Å². The monoisotopic (exact) mass is 392 g/mol. The number of hydrazine groups is 1. The number of benzene rings is 1. The van der Waals surface area contributed by atoms with Gasteiger partial charge in [0.15, 0.2) is 5.69 Å². The number of hydrogen-bond donors (Lipinski definition) is 2. The molecule has 0 radical (unpaired) electrons. The average molecular weight is 392 g/mol. The van der Waals surface area contributed by atoms with Crippen molar-refractivity contribution in [3.63, 3.8) is 0 Å². The molecule has 0 saturated carbocycles. The zero-order chi connectivity index (χ0) is 20.3. The van der Waals surface area contributed by atoms with Gasteiger partial charge in [-0.2, -0.15) is 23.3 Å². The lowest BCUT2D eigenvalue weighted by Gasteiger charge is -2.13. The number of aromatic nitrogens is 4. The first kappa shape index (κ1) is 19.1. The summed E-state index contributed by atoms with van der Waals surface area (Å²) in [5.41, 5.74) is 3.70. The van der Waals surface area contributed by atoms with E-state index < -0.39 is 23.3 Å². The van der Waals surface area contributed by atoms with Crippen LogP contribution in [0.15, 0.2) is 42.7 Å². The number of anilines is 1. The third-order valence-electron chi connectivity index (χ3n) is 3.69. The van der Waals surface area contributed by atoms with Gasteiger partial charge in [0.1, 0.15) is 0 Å². The van der Waals surface area contributed by atoms with Crippen LogP contribution in [0.25, 0.3) is 5.69 Å². The first-order chi connectivity index (χ1) is 13.3. The summed E-state index contributed by atoms with van der Waals surface area (Å²) in [4.78, 5) is 20.0. The molecule has 2 N–H and O–H groups in total. The van der Waals surface area contributed by atoms with Crippen molar-refractivity contribution >= 4 is 11.9 Å². The molecule has 2 heterocycles. The highest BCUT2D eigenvalue weighted by atomic mass is 19.4. The molecular weight excluding hydrogens is 377 g/mol. The largest absolute Gasteiger partial charge is 0.481 e. The van der Waals surface area contributed by atoms with Gasteiger partial charge < -0.3 is 4.74 Å². The molecule has 0 fully saturated rings. The molecule has 1 amide bonds. The predicted molar refractivity (Wildman–Crippen MR) is 93.0 cm³/mol. The second-order valence-corrected chi connectivity index (χ2v) is 5.65. The minimum absolute atomic E-state index is 0.0489. The fourth-order valence-electron chi connectivity index (χ4n) is 2.37. The lowest BCUT2D eigenvalue weighted by atomic mass is 10.2. The third kappa shape index (κ3) is 4.03. The molecule has 0 aliphatic heterocycles. The Morgan fingerprint density at radius 3 is 2.54 bits per heavy atom. The number of ether oxygens (including phenoxy) is 1. The normalized spacial score (nSPS) is 11.2. The molecule has 28 heavy (non-hydrogen) atoms. The van der Waals surface area contributed by atoms with Crippen LogP contribution in [0.5, 0.6) is 5.88 Å². The summed E-state index contributed by atoms with van der Waals surface area (Å²) in [5, 5.41) is 3.74. The highest BCUT2D eigenvalue weighted by Gasteiger charge is 2.40. The van der Waals surface area contributed by atoms with Crippen LogP contribution in [0.2, 0.25) is 0 Å². The lowest BCUT2D eigenvalue weighted by Crippen LogP contribution is -2.32. The molecule has 0 aliphatic rings. The molecule has 0 saturated heterocycles. The van der Waals surface area contributed by atoms with Crippen molar-refractivity contribution in [1.29, 1.82) is 0 Å². The van der Waals surface area contributed by atoms with Gasteiger partial charge in [-0.15, -0.1) is 0 Å². The Morgan fingerprint density at radius 1 is 1.18 bits per heavy atom. The number of hydrogen-bond acceptors (Lipinski definition) is 6. The Labute approximate surface area is 157 Å². The molecule has 0 aliphatic carbocycles. The van der Waals surface area contributed by atoms with E-state index in [0.717, 1.165) is 11.8 Å². The van der Waals surface area contributed by atoms with Crippen LogP contribution >= 0.6 is 0 Å². The molecule has 8 nitrogen and oxygen atoms in total. The number of nitrogens with one attached hydrogen (secondary N) is 2. The number of methoxy groups -OCH3 is 1. The van der Waals surface area contributed by atoms with Crippen molar-refractivity contribution in [2.75, 3.05) is 12.5 Å². The molecule has 146 valence electrons. The number of alkyl halides is 3. The maximum Gasteiger partial charge on any atom is 0.434 e. The van der Waals surface area contributed by atoms with Crippen molar-refractivity contribution in [2.45, 2.75) is 13.1 Å². The second-order valence-electron chi connectivity index (χ2n) is 5.65. The smallest absolute Gasteiger partial charge is 0.434 e. The van der Waals surface area contributed by atoms with Gasteiger partial charge in [-0.3, -0.25) is 15.6 Å². The van der Waals surface area contributed by atoms with E-state index in [1.807, 2.05) is 6.92 Å². The number of carbonyl (C=O) groups excluding carboxylic acids is 1. The molecule has 2 aromatic heterocycles. The zero-order valence-electron chi connectivity index (χ0n) is 14.8. The molecular formula is C17H15F3N6O2. The second kappa shape index (κ2) is 7.55. The minimum Gasteiger partial charge on any atom is -0.481 e. The quantitative estimate of drug-likeness (QED) is 0.649. The predicted octanol–water partition coefficient (Wildman–Crippen LogP) is 2.76. The Bertz CT molecular complexity index is 985. The number of amides is 1. The SMILES string of the molecule is COc1ccnc(NNC(=O)c2cnn(-c3ccc(C)cc3)c2C(F)(F)F)n1. The van der Waals surface area contributed by atoms with E-state index in [2.05, 4.69) is 25.9 Å². The number of aryl methyl sites for hydroxylation is 1. The first-order valence-electron chi connectivity index (χ1n) is 7.95. The van der Waals surface area contributed by atoms with Crippen LogP contribution in [-0.2, 0) is 6.18 Å². The molecule has 0 spiro atoms. The Balaban J connectivity index is 1.88. The topological polar surface area (TPSA) is 94.0 Å². The summed E-state index contributed by atoms with van der Waals surface area (Å²) >= 11 is 0. The van der Waals surface area contributed by atoms with Crippen molar-refractivity contribution in [2.24, 2.45) is 0 Å². The van der Waals surface area contributed by atoms with Crippen LogP contribution in [0, 0.1) is 6.92 Å². The number of halogens is 3. The van der Waals surface area contributed by atoms with Crippen LogP contribution in [-0.4, -0.2) is 32.8 Å². The summed E-state index contributed by atoms with van der Waals surface area (Å²) in [6.45, 7) is 1.81. The van der Waals surface area contributed by atoms with Gasteiger partial charge in [0.25, 0.3) is 5.91 Å². The van der Waals surface area contributed by atoms with Crippen molar-refractivity contribution in [1.82, 2.24) is 25.2 Å². The lowest BCUT2D eigenvalue weighted by molar-refractivity contribution is -0.143. The van der Waals surface area contributed by atoms with Gasteiger partial charge in [0, 0.05) is 12.3 Å². The summed E-state index contributed by atoms with van der Waals surface area (Å²) in [6.07, 6.45) is -2.59. The molecule has 0 bridgehead atoms. The number of carbonyl (C=O) groups is 1. The van der Waals surface area contributed by atoms with E-state index in [1.165, 1.54) is 31.5 Å². The van der Waals surface area contributed by atoms with E-state index in [9.17, 15) is 18.0 Å². The van der Waals surface area contributed by atoms with Gasteiger partial charge in [-0.1, -0.05) is 17.7 Å². The van der Waals surface area contributed by atoms with Gasteiger partial charge in [-0.05, 0) is 19.1 Å². The van der Waals surface area contributed by atoms with Crippen LogP contribution in [0.1, 0.15) is 21.6 Å². The average Bonchev–Trinajstić information content (AvgIpc) is 3.12. The fourth-order valence-corrected chi connectivity index (χ4v) is 2.37. The molecule has 0 atom stereocenters. The minimum atomic E-state index is -4.81. The summed E-state index contributed by atoms with van der Waals surface area (Å²) in [5.74, 6) is -0.876. The summed E-state index contributed by atoms with van der Waals surface area (Å²) in [6, 6.07) is 7.75. The molecule has 1 aromatic carbocycles. The number of nitrogens with zero attached hydrogens (tertiary/aromatic N) is 4. The van der Waals surface area contributed by atoms with Gasteiger partial charge >= 0.3 is 6.18 Å². The highest BCUT2D eigenvalue weighted by Crippen LogP contribution is 2.33. The number of rotatable bonds is 5. The molecule has 3 rings (SSSR count). The van der Waals surface area contributed by atoms with Crippen LogP contribution in [0.3, 0.4) is 0 Å². The van der Waals surface area contributed by atoms with Gasteiger partial charge in [0.05, 0.1) is 24.6 Å². The van der Waals surface area contributed by atoms with E-state index in [4.69, 9.17) is 4.74 Å². The van der Waals surface area contributed by atoms with Crippen molar-refractivity contribution in [3.8, 4) is 11.6 Å². The Morgan fingerprint density at radius 2 is 1.89 bits per heavy atom. The molecule has 3 aromatic rings. The Hall–Kier alpha value is -3.63. The van der Waals surface area contributed by atoms with Crippen LogP contribution in [0.4, 0.5) is 19.1 Å². The standard InChI is InChI=1S/C17H15F3N6O2/c1-10-3-5-11(6-4-10)26-14(17(18,19)20)12(9-22-26)15(27)24-25-16-21-8-7-13(23-16)28-2/h3-9H,1-2H3,(H,24,27)(H,21,23,25). The first-order valence-corrected chi connectivity index (χ1v) is 7.95. The highest BCUT2D eigenvalue weighted by molar-refractivity contribution is 5.96. The van der Waals surface area contributed by atoms with Crippen LogP contribution < -0.4 is 15.6 Å². The zero-order valence-corrected chi connectivity index (χ0v) is 14.8. The van der Waals surface area contributed by atoms with E-state index >= 15 is 0 Å². The molecule has 11 heteroatoms. The van der Waals surface area contributed by atoms with E-state index in [1.54, 1.807) is 12.1 Å². The summed E-state index contributed by atoms with van der Waals surface area (Å²) < 4.78 is 46.5. The third-order valence-corrected chi connectivity index (χ3v) is 3.69. The summed E-state index contributed by atoms with van der Waals surface area (Å²) in [7, 11) is 1.39. The maximum atomic E-state index is 13.6. The van der Waals surface area contributed by atoms with Gasteiger partial charge in [0.2, 0.25) is 11.8 Å². The molecule has 0 unspecified atom stereocenters. The van der Waals surface area contributed by atoms with Crippen molar-refractivity contribution in [3.05, 3.63) is 59.5 Å². The Kier molecular flexibility index (Phi) is 5.16. The fraction of sp³-hybridized carbons (Fsp3) is 0.176. The van der Waals surface area contributed by atoms with Crippen molar-refractivity contribution < 1.29 is 22.7 Å².